The molecule has 1 aliphatic carbocycles. The summed E-state index contributed by atoms with van der Waals surface area (Å²) >= 11 is 5.81. The summed E-state index contributed by atoms with van der Waals surface area (Å²) in [4.78, 5) is 11.9. The van der Waals surface area contributed by atoms with Crippen LogP contribution in [0.5, 0.6) is 0 Å². The zero-order valence-electron chi connectivity index (χ0n) is 12.5. The van der Waals surface area contributed by atoms with E-state index in [1.807, 2.05) is 6.92 Å². The highest BCUT2D eigenvalue weighted by Gasteiger charge is 2.12. The Bertz CT molecular complexity index is 490. The molecule has 2 N–H and O–H groups in total. The van der Waals surface area contributed by atoms with Gasteiger partial charge in [-0.15, -0.1) is 0 Å². The summed E-state index contributed by atoms with van der Waals surface area (Å²) in [6, 6.07) is 7.10. The van der Waals surface area contributed by atoms with Gasteiger partial charge in [-0.1, -0.05) is 30.9 Å². The lowest BCUT2D eigenvalue weighted by atomic mass is 9.89. The SMILES string of the molecule is CC(=CC(=O)Nc1ccc(Cl)cc1)NCC1CCCCC1. The van der Waals surface area contributed by atoms with Gasteiger partial charge in [0.2, 0.25) is 5.91 Å². The van der Waals surface area contributed by atoms with Crippen molar-refractivity contribution in [3.8, 4) is 0 Å². The van der Waals surface area contributed by atoms with E-state index in [0.717, 1.165) is 23.8 Å². The lowest BCUT2D eigenvalue weighted by Crippen LogP contribution is -2.24. The highest BCUT2D eigenvalue weighted by atomic mass is 35.5. The summed E-state index contributed by atoms with van der Waals surface area (Å²) in [5, 5.41) is 6.84. The van der Waals surface area contributed by atoms with Crippen LogP contribution in [0.15, 0.2) is 36.0 Å². The molecule has 3 nitrogen and oxygen atoms in total. The molecule has 0 unspecified atom stereocenters. The molecule has 114 valence electrons. The van der Waals surface area contributed by atoms with E-state index in [2.05, 4.69) is 10.6 Å². The Balaban J connectivity index is 1.77. The van der Waals surface area contributed by atoms with Crippen LogP contribution in [0, 0.1) is 5.92 Å². The van der Waals surface area contributed by atoms with Crippen molar-refractivity contribution < 1.29 is 4.79 Å². The smallest absolute Gasteiger partial charge is 0.250 e. The van der Waals surface area contributed by atoms with Gasteiger partial charge in [0.15, 0.2) is 0 Å². The molecule has 1 aromatic rings. The number of allylic oxidation sites excluding steroid dienone is 1. The number of anilines is 1. The second-order valence-electron chi connectivity index (χ2n) is 5.71. The Morgan fingerprint density at radius 2 is 1.90 bits per heavy atom. The molecule has 0 spiro atoms. The predicted molar refractivity (Wildman–Crippen MR) is 88.4 cm³/mol. The van der Waals surface area contributed by atoms with Gasteiger partial charge in [0, 0.05) is 29.0 Å². The summed E-state index contributed by atoms with van der Waals surface area (Å²) in [6.07, 6.45) is 8.26. The van der Waals surface area contributed by atoms with Gasteiger partial charge in [0.1, 0.15) is 0 Å². The Morgan fingerprint density at radius 1 is 1.24 bits per heavy atom. The minimum absolute atomic E-state index is 0.119. The quantitative estimate of drug-likeness (QED) is 0.794. The van der Waals surface area contributed by atoms with Gasteiger partial charge in [-0.25, -0.2) is 0 Å². The van der Waals surface area contributed by atoms with Gasteiger partial charge in [0.25, 0.3) is 0 Å². The summed E-state index contributed by atoms with van der Waals surface area (Å²) in [6.45, 7) is 2.90. The summed E-state index contributed by atoms with van der Waals surface area (Å²) in [5.74, 6) is 0.632. The van der Waals surface area contributed by atoms with E-state index in [9.17, 15) is 4.79 Å². The van der Waals surface area contributed by atoms with Crippen LogP contribution in [0.1, 0.15) is 39.0 Å². The Morgan fingerprint density at radius 3 is 2.57 bits per heavy atom. The number of amides is 1. The van der Waals surface area contributed by atoms with Gasteiger partial charge >= 0.3 is 0 Å². The molecular weight excluding hydrogens is 284 g/mol. The molecule has 0 aliphatic heterocycles. The normalized spacial score (nSPS) is 16.6. The molecule has 1 saturated carbocycles. The van der Waals surface area contributed by atoms with Crippen molar-refractivity contribution in [1.29, 1.82) is 0 Å². The van der Waals surface area contributed by atoms with Crippen LogP contribution >= 0.6 is 11.6 Å². The Labute approximate surface area is 131 Å². The van der Waals surface area contributed by atoms with Crippen molar-refractivity contribution in [3.63, 3.8) is 0 Å². The minimum atomic E-state index is -0.119. The number of halogens is 1. The van der Waals surface area contributed by atoms with Crippen molar-refractivity contribution in [3.05, 3.63) is 41.1 Å². The van der Waals surface area contributed by atoms with Crippen molar-refractivity contribution in [2.24, 2.45) is 5.92 Å². The molecule has 4 heteroatoms. The van der Waals surface area contributed by atoms with Crippen molar-refractivity contribution in [1.82, 2.24) is 5.32 Å². The molecule has 1 amide bonds. The largest absolute Gasteiger partial charge is 0.388 e. The number of carbonyl (C=O) groups is 1. The third kappa shape index (κ3) is 5.80. The lowest BCUT2D eigenvalue weighted by molar-refractivity contribution is -0.112. The summed E-state index contributed by atoms with van der Waals surface area (Å²) < 4.78 is 0. The average Bonchev–Trinajstić information content (AvgIpc) is 2.48. The standard InChI is InChI=1S/C17H23ClN2O/c1-13(19-12-14-5-3-2-4-6-14)11-17(21)20-16-9-7-15(18)8-10-16/h7-11,14,19H,2-6,12H2,1H3,(H,20,21). The second kappa shape index (κ2) is 8.08. The molecule has 1 fully saturated rings. The lowest BCUT2D eigenvalue weighted by Gasteiger charge is -2.22. The van der Waals surface area contributed by atoms with E-state index < -0.39 is 0 Å². The predicted octanol–water partition coefficient (Wildman–Crippen LogP) is 4.35. The molecule has 0 atom stereocenters. The summed E-state index contributed by atoms with van der Waals surface area (Å²) in [7, 11) is 0. The van der Waals surface area contributed by atoms with Crippen LogP contribution in [-0.4, -0.2) is 12.5 Å². The van der Waals surface area contributed by atoms with E-state index in [0.29, 0.717) is 5.02 Å². The Hall–Kier alpha value is -1.48. The fourth-order valence-corrected chi connectivity index (χ4v) is 2.78. The third-order valence-electron chi connectivity index (χ3n) is 3.85. The van der Waals surface area contributed by atoms with Crippen LogP contribution < -0.4 is 10.6 Å². The molecule has 0 heterocycles. The number of nitrogens with one attached hydrogen (secondary N) is 2. The van der Waals surface area contributed by atoms with Crippen LogP contribution in [0.2, 0.25) is 5.02 Å². The van der Waals surface area contributed by atoms with Crippen molar-refractivity contribution >= 4 is 23.2 Å². The molecule has 2 rings (SSSR count). The van der Waals surface area contributed by atoms with E-state index in [1.54, 1.807) is 30.3 Å². The third-order valence-corrected chi connectivity index (χ3v) is 4.11. The molecule has 0 radical (unpaired) electrons. The maximum Gasteiger partial charge on any atom is 0.250 e. The van der Waals surface area contributed by atoms with Crippen LogP contribution in [0.4, 0.5) is 5.69 Å². The first-order chi connectivity index (χ1) is 10.1. The molecule has 0 bridgehead atoms. The first kappa shape index (κ1) is 15.9. The number of hydrogen-bond acceptors (Lipinski definition) is 2. The molecule has 0 aromatic heterocycles. The first-order valence-electron chi connectivity index (χ1n) is 7.62. The van der Waals surface area contributed by atoms with Crippen molar-refractivity contribution in [2.45, 2.75) is 39.0 Å². The average molecular weight is 307 g/mol. The number of rotatable bonds is 5. The highest BCUT2D eigenvalue weighted by Crippen LogP contribution is 2.22. The Kier molecular flexibility index (Phi) is 6.12. The van der Waals surface area contributed by atoms with Crippen LogP contribution in [0.3, 0.4) is 0 Å². The topological polar surface area (TPSA) is 41.1 Å². The molecule has 1 aromatic carbocycles. The van der Waals surface area contributed by atoms with E-state index >= 15 is 0 Å². The second-order valence-corrected chi connectivity index (χ2v) is 6.14. The zero-order chi connectivity index (χ0) is 15.1. The zero-order valence-corrected chi connectivity index (χ0v) is 13.2. The van der Waals surface area contributed by atoms with Crippen LogP contribution in [0.25, 0.3) is 0 Å². The van der Waals surface area contributed by atoms with Gasteiger partial charge < -0.3 is 10.6 Å². The van der Waals surface area contributed by atoms with E-state index in [-0.39, 0.29) is 5.91 Å². The highest BCUT2D eigenvalue weighted by molar-refractivity contribution is 6.30. The van der Waals surface area contributed by atoms with Gasteiger partial charge in [-0.3, -0.25) is 4.79 Å². The number of carbonyl (C=O) groups excluding carboxylic acids is 1. The van der Waals surface area contributed by atoms with E-state index in [1.165, 1.54) is 32.1 Å². The molecule has 0 saturated heterocycles. The van der Waals surface area contributed by atoms with Crippen molar-refractivity contribution in [2.75, 3.05) is 11.9 Å². The maximum atomic E-state index is 11.9. The van der Waals surface area contributed by atoms with Crippen LogP contribution in [-0.2, 0) is 4.79 Å². The van der Waals surface area contributed by atoms with Gasteiger partial charge in [-0.05, 0) is 49.9 Å². The van der Waals surface area contributed by atoms with Gasteiger partial charge in [-0.2, -0.15) is 0 Å². The fourth-order valence-electron chi connectivity index (χ4n) is 2.66. The minimum Gasteiger partial charge on any atom is -0.388 e. The molecule has 1 aliphatic rings. The molecular formula is C17H23ClN2O. The van der Waals surface area contributed by atoms with Gasteiger partial charge in [0.05, 0.1) is 0 Å². The first-order valence-corrected chi connectivity index (χ1v) is 8.00. The van der Waals surface area contributed by atoms with E-state index in [4.69, 9.17) is 11.6 Å². The fraction of sp³-hybridized carbons (Fsp3) is 0.471. The number of hydrogen-bond donors (Lipinski definition) is 2. The number of benzene rings is 1. The molecule has 21 heavy (non-hydrogen) atoms. The summed E-state index contributed by atoms with van der Waals surface area (Å²) in [5.41, 5.74) is 1.66. The monoisotopic (exact) mass is 306 g/mol. The maximum absolute atomic E-state index is 11.9.